The van der Waals surface area contributed by atoms with Gasteiger partial charge in [-0.2, -0.15) is 0 Å². The van der Waals surface area contributed by atoms with Crippen LogP contribution < -0.4 is 10.5 Å². The molecule has 0 heterocycles. The molecule has 120 valence electrons. The fourth-order valence-electron chi connectivity index (χ4n) is 2.11. The third-order valence-corrected chi connectivity index (χ3v) is 3.37. The molecule has 23 heavy (non-hydrogen) atoms. The van der Waals surface area contributed by atoms with Gasteiger partial charge < -0.3 is 10.5 Å². The fourth-order valence-corrected chi connectivity index (χ4v) is 2.11. The summed E-state index contributed by atoms with van der Waals surface area (Å²) in [6, 6.07) is 16.7. The minimum atomic E-state index is -0.266. The third kappa shape index (κ3) is 4.85. The van der Waals surface area contributed by atoms with E-state index in [0.717, 1.165) is 11.3 Å². The van der Waals surface area contributed by atoms with Gasteiger partial charge in [0.15, 0.2) is 5.96 Å². The molecular formula is C18H21N3O2. The van der Waals surface area contributed by atoms with Crippen molar-refractivity contribution in [2.45, 2.75) is 13.3 Å². The van der Waals surface area contributed by atoms with Crippen LogP contribution in [0.4, 0.5) is 0 Å². The highest BCUT2D eigenvalue weighted by Crippen LogP contribution is 2.10. The van der Waals surface area contributed by atoms with Crippen LogP contribution in [0.15, 0.2) is 54.6 Å². The second-order valence-electron chi connectivity index (χ2n) is 5.22. The molecule has 0 aliphatic heterocycles. The highest BCUT2D eigenvalue weighted by atomic mass is 16.5. The molecule has 0 spiro atoms. The van der Waals surface area contributed by atoms with E-state index in [2.05, 4.69) is 0 Å². The van der Waals surface area contributed by atoms with Gasteiger partial charge in [0, 0.05) is 12.1 Å². The predicted octanol–water partition coefficient (Wildman–Crippen LogP) is 2.80. The van der Waals surface area contributed by atoms with Gasteiger partial charge >= 0.3 is 0 Å². The van der Waals surface area contributed by atoms with Crippen LogP contribution in [0.2, 0.25) is 0 Å². The zero-order valence-electron chi connectivity index (χ0n) is 13.2. The van der Waals surface area contributed by atoms with Crippen molar-refractivity contribution < 1.29 is 9.53 Å². The molecule has 0 saturated carbocycles. The van der Waals surface area contributed by atoms with Crippen LogP contribution in [0.3, 0.4) is 0 Å². The van der Waals surface area contributed by atoms with Gasteiger partial charge in [0.1, 0.15) is 5.75 Å². The molecule has 0 aliphatic carbocycles. The first-order valence-electron chi connectivity index (χ1n) is 7.48. The summed E-state index contributed by atoms with van der Waals surface area (Å²) in [5, 5.41) is 7.62. The summed E-state index contributed by atoms with van der Waals surface area (Å²) >= 11 is 0. The monoisotopic (exact) mass is 311 g/mol. The van der Waals surface area contributed by atoms with Crippen molar-refractivity contribution in [3.63, 3.8) is 0 Å². The number of hydrogen-bond acceptors (Lipinski definition) is 3. The van der Waals surface area contributed by atoms with Crippen LogP contribution in [-0.4, -0.2) is 29.9 Å². The number of carbonyl (C=O) groups excluding carboxylic acids is 1. The van der Waals surface area contributed by atoms with E-state index in [1.165, 1.54) is 4.90 Å². The molecule has 1 amide bonds. The lowest BCUT2D eigenvalue weighted by molar-refractivity contribution is 0.0839. The summed E-state index contributed by atoms with van der Waals surface area (Å²) in [6.45, 7) is 2.75. The number of carbonyl (C=O) groups is 1. The number of hydrogen-bond donors (Lipinski definition) is 2. The number of nitrogens with one attached hydrogen (secondary N) is 1. The van der Waals surface area contributed by atoms with Crippen LogP contribution >= 0.6 is 0 Å². The molecule has 2 aromatic rings. The summed E-state index contributed by atoms with van der Waals surface area (Å²) in [4.78, 5) is 13.7. The summed E-state index contributed by atoms with van der Waals surface area (Å²) in [5.41, 5.74) is 7.14. The van der Waals surface area contributed by atoms with Gasteiger partial charge in [-0.05, 0) is 37.6 Å². The summed E-state index contributed by atoms with van der Waals surface area (Å²) < 4.78 is 5.59. The number of para-hydroxylation sites is 1. The highest BCUT2D eigenvalue weighted by molar-refractivity contribution is 6.04. The standard InChI is InChI=1S/C18H21N3O2/c1-14-8-10-15(11-9-14)17(22)21(18(19)20)12-5-13-23-16-6-3-2-4-7-16/h2-4,6-11H,5,12-13H2,1H3,(H3,19,20). The second-order valence-corrected chi connectivity index (χ2v) is 5.22. The van der Waals surface area contributed by atoms with Gasteiger partial charge in [0.25, 0.3) is 5.91 Å². The molecule has 5 nitrogen and oxygen atoms in total. The lowest BCUT2D eigenvalue weighted by atomic mass is 10.1. The van der Waals surface area contributed by atoms with Crippen LogP contribution in [0.25, 0.3) is 0 Å². The van der Waals surface area contributed by atoms with E-state index in [9.17, 15) is 4.79 Å². The molecule has 0 unspecified atom stereocenters. The Morgan fingerprint density at radius 1 is 1.13 bits per heavy atom. The maximum atomic E-state index is 12.4. The van der Waals surface area contributed by atoms with Crippen LogP contribution in [-0.2, 0) is 0 Å². The van der Waals surface area contributed by atoms with Crippen LogP contribution in [0, 0.1) is 12.3 Å². The number of ether oxygens (including phenoxy) is 1. The Morgan fingerprint density at radius 3 is 2.39 bits per heavy atom. The number of aryl methyl sites for hydroxylation is 1. The average Bonchev–Trinajstić information content (AvgIpc) is 2.55. The lowest BCUT2D eigenvalue weighted by Crippen LogP contribution is -2.42. The number of guanidine groups is 1. The van der Waals surface area contributed by atoms with Crippen molar-refractivity contribution >= 4 is 11.9 Å². The smallest absolute Gasteiger partial charge is 0.260 e. The van der Waals surface area contributed by atoms with Gasteiger partial charge in [-0.1, -0.05) is 35.9 Å². The zero-order chi connectivity index (χ0) is 16.7. The fraction of sp³-hybridized carbons (Fsp3) is 0.222. The van der Waals surface area contributed by atoms with Crippen molar-refractivity contribution in [2.75, 3.05) is 13.2 Å². The largest absolute Gasteiger partial charge is 0.494 e. The summed E-state index contributed by atoms with van der Waals surface area (Å²) in [6.07, 6.45) is 0.589. The number of rotatable bonds is 6. The number of amides is 1. The first-order chi connectivity index (χ1) is 11.1. The molecule has 0 aliphatic rings. The van der Waals surface area contributed by atoms with E-state index in [4.69, 9.17) is 15.9 Å². The molecule has 0 radical (unpaired) electrons. The Hall–Kier alpha value is -2.82. The Kier molecular flexibility index (Phi) is 5.74. The van der Waals surface area contributed by atoms with E-state index < -0.39 is 0 Å². The lowest BCUT2D eigenvalue weighted by Gasteiger charge is -2.20. The molecule has 0 bridgehead atoms. The van der Waals surface area contributed by atoms with E-state index in [-0.39, 0.29) is 11.9 Å². The minimum absolute atomic E-state index is 0.254. The molecule has 0 aromatic heterocycles. The van der Waals surface area contributed by atoms with Gasteiger partial charge in [-0.3, -0.25) is 15.1 Å². The molecule has 0 fully saturated rings. The number of benzene rings is 2. The van der Waals surface area contributed by atoms with Crippen molar-refractivity contribution in [3.8, 4) is 5.75 Å². The molecule has 2 rings (SSSR count). The number of nitrogens with zero attached hydrogens (tertiary/aromatic N) is 1. The van der Waals surface area contributed by atoms with Crippen molar-refractivity contribution in [2.24, 2.45) is 5.73 Å². The Morgan fingerprint density at radius 2 is 1.78 bits per heavy atom. The zero-order valence-corrected chi connectivity index (χ0v) is 13.2. The first kappa shape index (κ1) is 16.5. The molecular weight excluding hydrogens is 290 g/mol. The van der Waals surface area contributed by atoms with Gasteiger partial charge in [0.05, 0.1) is 6.61 Å². The normalized spacial score (nSPS) is 10.1. The molecule has 5 heteroatoms. The molecule has 0 atom stereocenters. The maximum absolute atomic E-state index is 12.4. The Labute approximate surface area is 136 Å². The topological polar surface area (TPSA) is 79.4 Å². The van der Waals surface area contributed by atoms with E-state index in [1.54, 1.807) is 12.1 Å². The van der Waals surface area contributed by atoms with Crippen LogP contribution in [0.1, 0.15) is 22.3 Å². The summed E-state index contributed by atoms with van der Waals surface area (Å²) in [7, 11) is 0. The number of nitrogens with two attached hydrogens (primary N) is 1. The quantitative estimate of drug-likeness (QED) is 0.489. The van der Waals surface area contributed by atoms with E-state index in [1.807, 2.05) is 49.4 Å². The Balaban J connectivity index is 1.90. The van der Waals surface area contributed by atoms with Crippen molar-refractivity contribution in [1.82, 2.24) is 4.90 Å². The maximum Gasteiger partial charge on any atom is 0.260 e. The van der Waals surface area contributed by atoms with Gasteiger partial charge in [-0.15, -0.1) is 0 Å². The SMILES string of the molecule is Cc1ccc(C(=O)N(CCCOc2ccccc2)C(=N)N)cc1. The van der Waals surface area contributed by atoms with Gasteiger partial charge in [0.2, 0.25) is 0 Å². The van der Waals surface area contributed by atoms with Crippen molar-refractivity contribution in [1.29, 1.82) is 5.41 Å². The van der Waals surface area contributed by atoms with Crippen molar-refractivity contribution in [3.05, 3.63) is 65.7 Å². The molecule has 3 N–H and O–H groups in total. The van der Waals surface area contributed by atoms with Gasteiger partial charge in [-0.25, -0.2) is 0 Å². The minimum Gasteiger partial charge on any atom is -0.494 e. The third-order valence-electron chi connectivity index (χ3n) is 3.37. The van der Waals surface area contributed by atoms with E-state index in [0.29, 0.717) is 25.1 Å². The first-order valence-corrected chi connectivity index (χ1v) is 7.48. The predicted molar refractivity (Wildman–Crippen MR) is 90.7 cm³/mol. The summed E-state index contributed by atoms with van der Waals surface area (Å²) in [5.74, 6) is 0.263. The molecule has 2 aromatic carbocycles. The second kappa shape index (κ2) is 7.98. The Bertz CT molecular complexity index is 654. The highest BCUT2D eigenvalue weighted by Gasteiger charge is 2.17. The van der Waals surface area contributed by atoms with E-state index >= 15 is 0 Å². The average molecular weight is 311 g/mol. The molecule has 0 saturated heterocycles. The van der Waals surface area contributed by atoms with Crippen LogP contribution in [0.5, 0.6) is 5.75 Å².